The summed E-state index contributed by atoms with van der Waals surface area (Å²) in [5.74, 6) is 1.10. The molecule has 3 rings (SSSR count). The zero-order valence-electron chi connectivity index (χ0n) is 16.5. The number of nitrogens with zero attached hydrogens (tertiary/aromatic N) is 4. The zero-order valence-corrected chi connectivity index (χ0v) is 16.5. The molecular weight excluding hydrogens is 361 g/mol. The van der Waals surface area contributed by atoms with Crippen LogP contribution in [0.2, 0.25) is 0 Å². The SMILES string of the molecule is CNc1nc(-c2cc(F)c(C#N)c(OC)c2)cc(N2CCOCC2C(C)C)n1. The minimum atomic E-state index is -0.644. The van der Waals surface area contributed by atoms with Crippen molar-refractivity contribution in [2.24, 2.45) is 5.92 Å². The Bertz CT molecular complexity index is 897. The van der Waals surface area contributed by atoms with E-state index >= 15 is 0 Å². The summed E-state index contributed by atoms with van der Waals surface area (Å²) >= 11 is 0. The Morgan fingerprint density at radius 3 is 2.79 bits per heavy atom. The van der Waals surface area contributed by atoms with Gasteiger partial charge in [-0.05, 0) is 18.1 Å². The van der Waals surface area contributed by atoms with Gasteiger partial charge in [-0.15, -0.1) is 0 Å². The summed E-state index contributed by atoms with van der Waals surface area (Å²) in [6.07, 6.45) is 0. The van der Waals surface area contributed by atoms with Crippen molar-refractivity contribution >= 4 is 11.8 Å². The van der Waals surface area contributed by atoms with Gasteiger partial charge in [-0.2, -0.15) is 10.2 Å². The Morgan fingerprint density at radius 2 is 2.14 bits per heavy atom. The van der Waals surface area contributed by atoms with Gasteiger partial charge in [-0.1, -0.05) is 13.8 Å². The minimum absolute atomic E-state index is 0.123. The topological polar surface area (TPSA) is 83.3 Å². The lowest BCUT2D eigenvalue weighted by Gasteiger charge is -2.39. The van der Waals surface area contributed by atoms with Gasteiger partial charge in [0, 0.05) is 25.2 Å². The van der Waals surface area contributed by atoms with E-state index in [1.807, 2.05) is 12.1 Å². The molecule has 148 valence electrons. The number of hydrogen-bond donors (Lipinski definition) is 1. The molecule has 28 heavy (non-hydrogen) atoms. The average molecular weight is 385 g/mol. The average Bonchev–Trinajstić information content (AvgIpc) is 2.72. The zero-order chi connectivity index (χ0) is 20.3. The lowest BCUT2D eigenvalue weighted by atomic mass is 10.0. The maximum absolute atomic E-state index is 14.4. The fraction of sp³-hybridized carbons (Fsp3) is 0.450. The van der Waals surface area contributed by atoms with Gasteiger partial charge in [0.25, 0.3) is 0 Å². The van der Waals surface area contributed by atoms with Crippen LogP contribution in [0.1, 0.15) is 19.4 Å². The normalized spacial score (nSPS) is 16.8. The van der Waals surface area contributed by atoms with Crippen molar-refractivity contribution in [2.75, 3.05) is 44.1 Å². The molecule has 1 unspecified atom stereocenters. The summed E-state index contributed by atoms with van der Waals surface area (Å²) in [6, 6.07) is 6.77. The smallest absolute Gasteiger partial charge is 0.224 e. The highest BCUT2D eigenvalue weighted by atomic mass is 19.1. The number of benzene rings is 1. The van der Waals surface area contributed by atoms with Gasteiger partial charge in [-0.3, -0.25) is 0 Å². The van der Waals surface area contributed by atoms with Crippen molar-refractivity contribution < 1.29 is 13.9 Å². The van der Waals surface area contributed by atoms with E-state index in [2.05, 4.69) is 34.0 Å². The van der Waals surface area contributed by atoms with Gasteiger partial charge in [-0.25, -0.2) is 9.37 Å². The molecule has 0 radical (unpaired) electrons. The van der Waals surface area contributed by atoms with E-state index in [9.17, 15) is 4.39 Å². The van der Waals surface area contributed by atoms with Gasteiger partial charge >= 0.3 is 0 Å². The summed E-state index contributed by atoms with van der Waals surface area (Å²) in [7, 11) is 3.15. The molecule has 1 saturated heterocycles. The van der Waals surface area contributed by atoms with Crippen LogP contribution in [0, 0.1) is 23.1 Å². The molecule has 1 atom stereocenters. The highest BCUT2D eigenvalue weighted by Gasteiger charge is 2.28. The number of hydrogen-bond acceptors (Lipinski definition) is 7. The fourth-order valence-electron chi connectivity index (χ4n) is 3.30. The Morgan fingerprint density at radius 1 is 1.36 bits per heavy atom. The van der Waals surface area contributed by atoms with Crippen LogP contribution in [-0.4, -0.2) is 49.9 Å². The maximum atomic E-state index is 14.4. The predicted octanol–water partition coefficient (Wildman–Crippen LogP) is 3.07. The van der Waals surface area contributed by atoms with E-state index < -0.39 is 5.82 Å². The first-order chi connectivity index (χ1) is 13.5. The van der Waals surface area contributed by atoms with E-state index in [1.165, 1.54) is 13.2 Å². The van der Waals surface area contributed by atoms with E-state index in [0.29, 0.717) is 42.9 Å². The van der Waals surface area contributed by atoms with Gasteiger partial charge < -0.3 is 19.7 Å². The largest absolute Gasteiger partial charge is 0.495 e. The van der Waals surface area contributed by atoms with Crippen molar-refractivity contribution in [1.82, 2.24) is 9.97 Å². The number of aromatic nitrogens is 2. The van der Waals surface area contributed by atoms with Crippen molar-refractivity contribution in [3.8, 4) is 23.1 Å². The summed E-state index contributed by atoms with van der Waals surface area (Å²) in [6.45, 7) is 6.26. The molecule has 8 heteroatoms. The Hall–Kier alpha value is -2.92. The van der Waals surface area contributed by atoms with Crippen molar-refractivity contribution in [3.05, 3.63) is 29.6 Å². The second-order valence-electron chi connectivity index (χ2n) is 6.91. The third-order valence-electron chi connectivity index (χ3n) is 4.85. The summed E-state index contributed by atoms with van der Waals surface area (Å²) < 4.78 is 25.2. The lowest BCUT2D eigenvalue weighted by Crippen LogP contribution is -2.48. The number of nitrogens with one attached hydrogen (secondary N) is 1. The maximum Gasteiger partial charge on any atom is 0.224 e. The van der Waals surface area contributed by atoms with Gasteiger partial charge in [0.05, 0.1) is 32.1 Å². The number of halogens is 1. The van der Waals surface area contributed by atoms with Gasteiger partial charge in [0.15, 0.2) is 0 Å². The number of morpholine rings is 1. The number of methoxy groups -OCH3 is 1. The number of rotatable bonds is 5. The molecule has 1 aromatic heterocycles. The molecule has 2 aromatic rings. The number of nitriles is 1. The number of anilines is 2. The molecule has 1 aromatic carbocycles. The minimum Gasteiger partial charge on any atom is -0.495 e. The van der Waals surface area contributed by atoms with Crippen molar-refractivity contribution in [2.45, 2.75) is 19.9 Å². The number of ether oxygens (including phenoxy) is 2. The monoisotopic (exact) mass is 385 g/mol. The van der Waals surface area contributed by atoms with E-state index in [0.717, 1.165) is 5.82 Å². The fourth-order valence-corrected chi connectivity index (χ4v) is 3.30. The second-order valence-corrected chi connectivity index (χ2v) is 6.91. The van der Waals surface area contributed by atoms with Crippen LogP contribution in [0.15, 0.2) is 18.2 Å². The standard InChI is InChI=1S/C20H24FN5O2/c1-12(2)17-11-28-6-5-26(17)19-9-16(24-20(23-3)25-19)13-7-15(21)14(10-22)18(8-13)27-4/h7-9,12,17H,5-6,11H2,1-4H3,(H,23,24,25). The lowest BCUT2D eigenvalue weighted by molar-refractivity contribution is 0.0802. The van der Waals surface area contributed by atoms with E-state index in [4.69, 9.17) is 14.7 Å². The van der Waals surface area contributed by atoms with Crippen LogP contribution in [0.3, 0.4) is 0 Å². The Labute approximate surface area is 164 Å². The molecule has 0 spiro atoms. The molecular formula is C20H24FN5O2. The molecule has 7 nitrogen and oxygen atoms in total. The molecule has 0 amide bonds. The molecule has 1 aliphatic rings. The molecule has 0 aliphatic carbocycles. The Balaban J connectivity index is 2.10. The quantitative estimate of drug-likeness (QED) is 0.847. The highest BCUT2D eigenvalue weighted by molar-refractivity contribution is 5.68. The molecule has 0 bridgehead atoms. The van der Waals surface area contributed by atoms with Crippen LogP contribution < -0.4 is 15.0 Å². The van der Waals surface area contributed by atoms with Crippen LogP contribution in [0.5, 0.6) is 5.75 Å². The molecule has 2 heterocycles. The second kappa shape index (κ2) is 8.40. The third-order valence-corrected chi connectivity index (χ3v) is 4.85. The molecule has 1 aliphatic heterocycles. The van der Waals surface area contributed by atoms with Crippen LogP contribution in [0.4, 0.5) is 16.2 Å². The highest BCUT2D eigenvalue weighted by Crippen LogP contribution is 2.32. The van der Waals surface area contributed by atoms with E-state index in [-0.39, 0.29) is 17.4 Å². The third kappa shape index (κ3) is 3.85. The van der Waals surface area contributed by atoms with Gasteiger partial charge in [0.1, 0.15) is 29.0 Å². The first-order valence-electron chi connectivity index (χ1n) is 9.17. The first-order valence-corrected chi connectivity index (χ1v) is 9.17. The van der Waals surface area contributed by atoms with Gasteiger partial charge in [0.2, 0.25) is 5.95 Å². The van der Waals surface area contributed by atoms with Crippen molar-refractivity contribution in [3.63, 3.8) is 0 Å². The predicted molar refractivity (Wildman–Crippen MR) is 105 cm³/mol. The van der Waals surface area contributed by atoms with E-state index in [1.54, 1.807) is 13.1 Å². The first kappa shape index (κ1) is 19.8. The summed E-state index contributed by atoms with van der Waals surface area (Å²) in [4.78, 5) is 11.3. The van der Waals surface area contributed by atoms with Crippen LogP contribution in [-0.2, 0) is 4.74 Å². The van der Waals surface area contributed by atoms with Crippen molar-refractivity contribution in [1.29, 1.82) is 5.26 Å². The molecule has 0 saturated carbocycles. The van der Waals surface area contributed by atoms with Crippen LogP contribution >= 0.6 is 0 Å². The molecule has 1 fully saturated rings. The summed E-state index contributed by atoms with van der Waals surface area (Å²) in [5, 5.41) is 12.1. The van der Waals surface area contributed by atoms with Crippen LogP contribution in [0.25, 0.3) is 11.3 Å². The Kier molecular flexibility index (Phi) is 5.95. The summed E-state index contributed by atoms with van der Waals surface area (Å²) in [5.41, 5.74) is 0.940. The molecule has 1 N–H and O–H groups in total.